The molecule has 0 bridgehead atoms. The van der Waals surface area contributed by atoms with E-state index in [1.165, 1.54) is 0 Å². The van der Waals surface area contributed by atoms with Gasteiger partial charge in [0.1, 0.15) is 0 Å². The molecular formula is C18H19N3O2S. The van der Waals surface area contributed by atoms with Gasteiger partial charge in [0.05, 0.1) is 18.3 Å². The quantitative estimate of drug-likeness (QED) is 0.930. The van der Waals surface area contributed by atoms with Gasteiger partial charge in [0.2, 0.25) is 11.8 Å². The van der Waals surface area contributed by atoms with Gasteiger partial charge in [-0.05, 0) is 36.4 Å². The van der Waals surface area contributed by atoms with E-state index < -0.39 is 0 Å². The number of thiophene rings is 1. The second-order valence-corrected chi connectivity index (χ2v) is 7.70. The molecule has 1 N–H and O–H groups in total. The van der Waals surface area contributed by atoms with Crippen LogP contribution in [-0.2, 0) is 16.0 Å². The largest absolute Gasteiger partial charge is 0.342 e. The van der Waals surface area contributed by atoms with Gasteiger partial charge in [-0.15, -0.1) is 11.3 Å². The maximum absolute atomic E-state index is 12.4. The van der Waals surface area contributed by atoms with Crippen LogP contribution >= 0.6 is 11.3 Å². The van der Waals surface area contributed by atoms with Gasteiger partial charge in [0.25, 0.3) is 0 Å². The van der Waals surface area contributed by atoms with Crippen LogP contribution in [0.1, 0.15) is 17.7 Å². The zero-order valence-electron chi connectivity index (χ0n) is 13.3. The summed E-state index contributed by atoms with van der Waals surface area (Å²) >= 11 is 1.61. The summed E-state index contributed by atoms with van der Waals surface area (Å²) < 4.78 is 0. The van der Waals surface area contributed by atoms with Crippen molar-refractivity contribution in [3.63, 3.8) is 0 Å². The number of nitrogens with one attached hydrogen (secondary N) is 1. The van der Waals surface area contributed by atoms with Crippen molar-refractivity contribution in [3.8, 4) is 0 Å². The normalized spacial score (nSPS) is 25.0. The van der Waals surface area contributed by atoms with Gasteiger partial charge in [-0.3, -0.25) is 14.6 Å². The van der Waals surface area contributed by atoms with Crippen LogP contribution in [0.15, 0.2) is 42.0 Å². The third-order valence-corrected chi connectivity index (χ3v) is 5.96. The Kier molecular flexibility index (Phi) is 3.84. The SMILES string of the molecule is O=C(Nc1cccnc1)C1CC12CCN(C(=O)Cc1cccs1)C2. The third kappa shape index (κ3) is 2.94. The fraction of sp³-hybridized carbons (Fsp3) is 0.389. The lowest BCUT2D eigenvalue weighted by atomic mass is 10.0. The van der Waals surface area contributed by atoms with Gasteiger partial charge in [0.15, 0.2) is 0 Å². The number of anilines is 1. The van der Waals surface area contributed by atoms with E-state index in [0.717, 1.165) is 30.0 Å². The van der Waals surface area contributed by atoms with Crippen molar-refractivity contribution in [1.29, 1.82) is 0 Å². The molecule has 2 amide bonds. The Hall–Kier alpha value is -2.21. The highest BCUT2D eigenvalue weighted by Gasteiger charge is 2.61. The highest BCUT2D eigenvalue weighted by atomic mass is 32.1. The van der Waals surface area contributed by atoms with Crippen LogP contribution in [0.5, 0.6) is 0 Å². The predicted molar refractivity (Wildman–Crippen MR) is 92.6 cm³/mol. The summed E-state index contributed by atoms with van der Waals surface area (Å²) in [6, 6.07) is 7.61. The molecule has 4 rings (SSSR count). The maximum atomic E-state index is 12.4. The number of rotatable bonds is 4. The second-order valence-electron chi connectivity index (χ2n) is 6.67. The first-order valence-corrected chi connectivity index (χ1v) is 9.05. The second kappa shape index (κ2) is 6.02. The zero-order chi connectivity index (χ0) is 16.6. The number of carbonyl (C=O) groups excluding carboxylic acids is 2. The summed E-state index contributed by atoms with van der Waals surface area (Å²) in [6.07, 6.45) is 5.61. The number of hydrogen-bond acceptors (Lipinski definition) is 4. The fourth-order valence-corrected chi connectivity index (χ4v) is 4.31. The van der Waals surface area contributed by atoms with Crippen molar-refractivity contribution in [2.24, 2.45) is 11.3 Å². The summed E-state index contributed by atoms with van der Waals surface area (Å²) in [4.78, 5) is 31.9. The molecule has 2 aliphatic rings. The standard InChI is InChI=1S/C18H19N3O2S/c22-16(9-14-4-2-8-24-14)21-7-5-18(12-21)10-15(18)17(23)20-13-3-1-6-19-11-13/h1-4,6,8,11,15H,5,7,9-10,12H2,(H,20,23). The Bertz CT molecular complexity index is 747. The summed E-state index contributed by atoms with van der Waals surface area (Å²) in [5.41, 5.74) is 0.727. The Morgan fingerprint density at radius 2 is 2.29 bits per heavy atom. The molecule has 2 atom stereocenters. The molecule has 2 aromatic heterocycles. The summed E-state index contributed by atoms with van der Waals surface area (Å²) in [5, 5.41) is 4.93. The lowest BCUT2D eigenvalue weighted by molar-refractivity contribution is -0.129. The van der Waals surface area contributed by atoms with E-state index in [9.17, 15) is 9.59 Å². The molecule has 1 aliphatic heterocycles. The molecule has 6 heteroatoms. The third-order valence-electron chi connectivity index (χ3n) is 5.08. The van der Waals surface area contributed by atoms with Crippen LogP contribution in [-0.4, -0.2) is 34.8 Å². The highest BCUT2D eigenvalue weighted by Crippen LogP contribution is 2.58. The number of hydrogen-bond donors (Lipinski definition) is 1. The van der Waals surface area contributed by atoms with Gasteiger partial charge >= 0.3 is 0 Å². The molecule has 0 radical (unpaired) electrons. The van der Waals surface area contributed by atoms with Gasteiger partial charge in [-0.1, -0.05) is 6.07 Å². The first-order chi connectivity index (χ1) is 11.7. The van der Waals surface area contributed by atoms with E-state index in [1.54, 1.807) is 29.8 Å². The minimum Gasteiger partial charge on any atom is -0.342 e. The van der Waals surface area contributed by atoms with E-state index in [2.05, 4.69) is 10.3 Å². The summed E-state index contributed by atoms with van der Waals surface area (Å²) in [5.74, 6) is 0.237. The fourth-order valence-electron chi connectivity index (χ4n) is 3.62. The molecule has 24 heavy (non-hydrogen) atoms. The summed E-state index contributed by atoms with van der Waals surface area (Å²) in [7, 11) is 0. The Balaban J connectivity index is 1.34. The molecule has 1 spiro atoms. The van der Waals surface area contributed by atoms with Crippen molar-refractivity contribution in [2.45, 2.75) is 19.3 Å². The van der Waals surface area contributed by atoms with E-state index in [0.29, 0.717) is 13.0 Å². The van der Waals surface area contributed by atoms with Crippen LogP contribution < -0.4 is 5.32 Å². The van der Waals surface area contributed by atoms with Crippen LogP contribution in [0.4, 0.5) is 5.69 Å². The van der Waals surface area contributed by atoms with Gasteiger partial charge in [0, 0.05) is 35.5 Å². The lowest BCUT2D eigenvalue weighted by Crippen LogP contribution is -2.31. The number of nitrogens with zero attached hydrogens (tertiary/aromatic N) is 2. The topological polar surface area (TPSA) is 62.3 Å². The Labute approximate surface area is 144 Å². The molecule has 1 saturated heterocycles. The Morgan fingerprint density at radius 3 is 3.04 bits per heavy atom. The number of amides is 2. The number of likely N-dealkylation sites (tertiary alicyclic amines) is 1. The van der Waals surface area contributed by atoms with Crippen LogP contribution in [0.25, 0.3) is 0 Å². The molecule has 124 valence electrons. The molecule has 1 aliphatic carbocycles. The predicted octanol–water partition coefficient (Wildman–Crippen LogP) is 2.56. The Morgan fingerprint density at radius 1 is 1.38 bits per heavy atom. The lowest BCUT2D eigenvalue weighted by Gasteiger charge is -2.16. The van der Waals surface area contributed by atoms with Crippen molar-refractivity contribution < 1.29 is 9.59 Å². The van der Waals surface area contributed by atoms with Crippen molar-refractivity contribution in [3.05, 3.63) is 46.9 Å². The molecular weight excluding hydrogens is 322 g/mol. The van der Waals surface area contributed by atoms with Crippen LogP contribution in [0.2, 0.25) is 0 Å². The minimum absolute atomic E-state index is 0.00258. The number of carbonyl (C=O) groups is 2. The van der Waals surface area contributed by atoms with E-state index in [4.69, 9.17) is 0 Å². The van der Waals surface area contributed by atoms with Crippen LogP contribution in [0.3, 0.4) is 0 Å². The summed E-state index contributed by atoms with van der Waals surface area (Å²) in [6.45, 7) is 1.48. The number of pyridine rings is 1. The average molecular weight is 341 g/mol. The van der Waals surface area contributed by atoms with E-state index in [-0.39, 0.29) is 23.1 Å². The average Bonchev–Trinajstić information content (AvgIpc) is 2.90. The molecule has 2 aromatic rings. The molecule has 2 unspecified atom stereocenters. The van der Waals surface area contributed by atoms with Crippen molar-refractivity contribution in [2.75, 3.05) is 18.4 Å². The maximum Gasteiger partial charge on any atom is 0.228 e. The first kappa shape index (κ1) is 15.3. The number of aromatic nitrogens is 1. The molecule has 3 heterocycles. The molecule has 2 fully saturated rings. The smallest absolute Gasteiger partial charge is 0.228 e. The van der Waals surface area contributed by atoms with Crippen LogP contribution in [0, 0.1) is 11.3 Å². The van der Waals surface area contributed by atoms with E-state index >= 15 is 0 Å². The monoisotopic (exact) mass is 341 g/mol. The zero-order valence-corrected chi connectivity index (χ0v) is 14.1. The van der Waals surface area contributed by atoms with Gasteiger partial charge in [-0.25, -0.2) is 0 Å². The highest BCUT2D eigenvalue weighted by molar-refractivity contribution is 7.10. The minimum atomic E-state index is -0.00258. The molecule has 0 aromatic carbocycles. The molecule has 5 nitrogen and oxygen atoms in total. The van der Waals surface area contributed by atoms with Gasteiger partial charge in [-0.2, -0.15) is 0 Å². The van der Waals surface area contributed by atoms with Crippen molar-refractivity contribution >= 4 is 28.8 Å². The van der Waals surface area contributed by atoms with Crippen molar-refractivity contribution in [1.82, 2.24) is 9.88 Å². The molecule has 1 saturated carbocycles. The van der Waals surface area contributed by atoms with E-state index in [1.807, 2.05) is 28.5 Å². The van der Waals surface area contributed by atoms with Gasteiger partial charge < -0.3 is 10.2 Å². The first-order valence-electron chi connectivity index (χ1n) is 8.17.